The largest absolute Gasteiger partial charge is 0.378 e. The molecule has 1 saturated heterocycles. The molecule has 1 aliphatic rings. The number of hydrogen-bond acceptors (Lipinski definition) is 2. The molecule has 1 N–H and O–H groups in total. The van der Waals surface area contributed by atoms with Crippen molar-refractivity contribution in [2.45, 2.75) is 39.3 Å². The first-order valence-electron chi connectivity index (χ1n) is 8.22. The van der Waals surface area contributed by atoms with Gasteiger partial charge >= 0.3 is 0 Å². The van der Waals surface area contributed by atoms with E-state index in [-0.39, 0.29) is 29.8 Å². The fourth-order valence-corrected chi connectivity index (χ4v) is 3.09. The van der Waals surface area contributed by atoms with Crippen molar-refractivity contribution in [2.24, 2.45) is 4.99 Å². The van der Waals surface area contributed by atoms with Crippen LogP contribution in [0, 0.1) is 5.82 Å². The number of ether oxygens (including phenoxy) is 1. The van der Waals surface area contributed by atoms with Gasteiger partial charge in [-0.05, 0) is 50.5 Å². The molecule has 0 atom stereocenters. The van der Waals surface area contributed by atoms with Gasteiger partial charge in [-0.25, -0.2) is 9.38 Å². The molecule has 1 aromatic rings. The van der Waals surface area contributed by atoms with Crippen LogP contribution in [0.1, 0.15) is 32.3 Å². The van der Waals surface area contributed by atoms with Crippen LogP contribution in [0.4, 0.5) is 4.39 Å². The zero-order chi connectivity index (χ0) is 16.7. The van der Waals surface area contributed by atoms with Gasteiger partial charge < -0.3 is 15.0 Å². The molecule has 0 radical (unpaired) electrons. The molecule has 136 valence electrons. The van der Waals surface area contributed by atoms with Crippen LogP contribution >= 0.6 is 39.9 Å². The molecular weight excluding hydrogens is 488 g/mol. The Morgan fingerprint density at radius 3 is 2.71 bits per heavy atom. The number of hydrogen-bond donors (Lipinski definition) is 1. The number of likely N-dealkylation sites (tertiary alicyclic amines) is 1. The minimum atomic E-state index is -0.235. The summed E-state index contributed by atoms with van der Waals surface area (Å²) in [5.41, 5.74) is 0.851. The molecule has 4 nitrogen and oxygen atoms in total. The molecule has 0 amide bonds. The van der Waals surface area contributed by atoms with Gasteiger partial charge in [-0.15, -0.1) is 24.0 Å². The standard InChI is InChI=1S/C17H25BrFN3O.HI/c1-3-20-17(22-9-7-15(8-10-22)23-4-2)21-12-13-11-14(19)5-6-16(13)18;/h5-6,11,15H,3-4,7-10,12H2,1-2H3,(H,20,21);1H. The van der Waals surface area contributed by atoms with Gasteiger partial charge in [0.1, 0.15) is 5.82 Å². The Balaban J connectivity index is 0.00000288. The molecule has 2 rings (SSSR count). The first kappa shape index (κ1) is 21.6. The molecular formula is C17H26BrFIN3O. The van der Waals surface area contributed by atoms with Gasteiger partial charge in [0.2, 0.25) is 0 Å². The van der Waals surface area contributed by atoms with Crippen molar-refractivity contribution in [3.05, 3.63) is 34.1 Å². The summed E-state index contributed by atoms with van der Waals surface area (Å²) in [7, 11) is 0. The second-order valence-corrected chi connectivity index (χ2v) is 6.40. The molecule has 0 saturated carbocycles. The van der Waals surface area contributed by atoms with Gasteiger partial charge in [-0.3, -0.25) is 0 Å². The third-order valence-electron chi connectivity index (χ3n) is 3.89. The summed E-state index contributed by atoms with van der Waals surface area (Å²) < 4.78 is 20.0. The maximum absolute atomic E-state index is 13.4. The highest BCUT2D eigenvalue weighted by molar-refractivity contribution is 14.0. The first-order valence-corrected chi connectivity index (χ1v) is 9.02. The second kappa shape index (κ2) is 11.3. The quantitative estimate of drug-likeness (QED) is 0.364. The molecule has 1 fully saturated rings. The van der Waals surface area contributed by atoms with Crippen molar-refractivity contribution < 1.29 is 9.13 Å². The lowest BCUT2D eigenvalue weighted by molar-refractivity contribution is 0.0263. The molecule has 1 aliphatic heterocycles. The maximum atomic E-state index is 13.4. The van der Waals surface area contributed by atoms with Gasteiger partial charge in [-0.1, -0.05) is 15.9 Å². The molecule has 0 aromatic heterocycles. The summed E-state index contributed by atoms with van der Waals surface area (Å²) >= 11 is 3.45. The van der Waals surface area contributed by atoms with E-state index in [0.717, 1.165) is 55.1 Å². The molecule has 0 aliphatic carbocycles. The van der Waals surface area contributed by atoms with Crippen molar-refractivity contribution in [3.63, 3.8) is 0 Å². The van der Waals surface area contributed by atoms with E-state index in [1.54, 1.807) is 6.07 Å². The highest BCUT2D eigenvalue weighted by Gasteiger charge is 2.21. The van der Waals surface area contributed by atoms with Crippen LogP contribution in [-0.2, 0) is 11.3 Å². The average Bonchev–Trinajstić information content (AvgIpc) is 2.55. The average molecular weight is 514 g/mol. The lowest BCUT2D eigenvalue weighted by atomic mass is 10.1. The third-order valence-corrected chi connectivity index (χ3v) is 4.66. The van der Waals surface area contributed by atoms with E-state index in [9.17, 15) is 4.39 Å². The number of aliphatic imine (C=N–C) groups is 1. The van der Waals surface area contributed by atoms with Gasteiger partial charge in [0.25, 0.3) is 0 Å². The molecule has 0 spiro atoms. The van der Waals surface area contributed by atoms with E-state index >= 15 is 0 Å². The number of rotatable bonds is 5. The van der Waals surface area contributed by atoms with Crippen molar-refractivity contribution in [1.82, 2.24) is 10.2 Å². The molecule has 24 heavy (non-hydrogen) atoms. The molecule has 1 aromatic carbocycles. The minimum absolute atomic E-state index is 0. The van der Waals surface area contributed by atoms with Gasteiger partial charge in [0, 0.05) is 30.7 Å². The van der Waals surface area contributed by atoms with Gasteiger partial charge in [0.05, 0.1) is 12.6 Å². The summed E-state index contributed by atoms with van der Waals surface area (Å²) in [5.74, 6) is 0.652. The topological polar surface area (TPSA) is 36.9 Å². The van der Waals surface area contributed by atoms with Crippen molar-refractivity contribution in [2.75, 3.05) is 26.2 Å². The Kier molecular flexibility index (Phi) is 10.1. The Morgan fingerprint density at radius 2 is 2.08 bits per heavy atom. The fourth-order valence-electron chi connectivity index (χ4n) is 2.72. The lowest BCUT2D eigenvalue weighted by Gasteiger charge is -2.34. The van der Waals surface area contributed by atoms with E-state index in [1.165, 1.54) is 12.1 Å². The van der Waals surface area contributed by atoms with E-state index in [2.05, 4.69) is 38.1 Å². The van der Waals surface area contributed by atoms with E-state index in [0.29, 0.717) is 12.6 Å². The van der Waals surface area contributed by atoms with Gasteiger partial charge in [0.15, 0.2) is 5.96 Å². The predicted molar refractivity (Wildman–Crippen MR) is 111 cm³/mol. The number of benzene rings is 1. The molecule has 1 heterocycles. The van der Waals surface area contributed by atoms with Crippen molar-refractivity contribution in [3.8, 4) is 0 Å². The smallest absolute Gasteiger partial charge is 0.194 e. The highest BCUT2D eigenvalue weighted by Crippen LogP contribution is 2.19. The van der Waals surface area contributed by atoms with Crippen LogP contribution in [0.3, 0.4) is 0 Å². The normalized spacial score (nSPS) is 16.0. The Morgan fingerprint density at radius 1 is 1.38 bits per heavy atom. The van der Waals surface area contributed by atoms with Crippen LogP contribution in [0.15, 0.2) is 27.7 Å². The number of nitrogens with zero attached hydrogens (tertiary/aromatic N) is 2. The number of piperidine rings is 1. The highest BCUT2D eigenvalue weighted by atomic mass is 127. The zero-order valence-electron chi connectivity index (χ0n) is 14.2. The molecule has 0 unspecified atom stereocenters. The lowest BCUT2D eigenvalue weighted by Crippen LogP contribution is -2.47. The maximum Gasteiger partial charge on any atom is 0.194 e. The van der Waals surface area contributed by atoms with E-state index in [1.807, 2.05) is 6.92 Å². The van der Waals surface area contributed by atoms with Crippen LogP contribution < -0.4 is 5.32 Å². The van der Waals surface area contributed by atoms with Crippen molar-refractivity contribution >= 4 is 45.9 Å². The molecule has 7 heteroatoms. The van der Waals surface area contributed by atoms with E-state index in [4.69, 9.17) is 4.74 Å². The predicted octanol–water partition coefficient (Wildman–Crippen LogP) is 4.17. The fraction of sp³-hybridized carbons (Fsp3) is 0.588. The summed E-state index contributed by atoms with van der Waals surface area (Å²) in [6, 6.07) is 4.69. The summed E-state index contributed by atoms with van der Waals surface area (Å²) in [6.07, 6.45) is 2.39. The number of nitrogens with one attached hydrogen (secondary N) is 1. The van der Waals surface area contributed by atoms with E-state index < -0.39 is 0 Å². The minimum Gasteiger partial charge on any atom is -0.378 e. The van der Waals surface area contributed by atoms with Crippen LogP contribution in [0.25, 0.3) is 0 Å². The second-order valence-electron chi connectivity index (χ2n) is 5.55. The summed E-state index contributed by atoms with van der Waals surface area (Å²) in [5, 5.41) is 3.33. The van der Waals surface area contributed by atoms with Crippen LogP contribution in [0.5, 0.6) is 0 Å². The summed E-state index contributed by atoms with van der Waals surface area (Å²) in [4.78, 5) is 6.93. The summed E-state index contributed by atoms with van der Waals surface area (Å²) in [6.45, 7) is 7.99. The number of halogens is 3. The Labute approximate surface area is 169 Å². The monoisotopic (exact) mass is 513 g/mol. The zero-order valence-corrected chi connectivity index (χ0v) is 18.1. The van der Waals surface area contributed by atoms with Crippen LogP contribution in [-0.4, -0.2) is 43.2 Å². The SMILES string of the molecule is CCNC(=NCc1cc(F)ccc1Br)N1CCC(OCC)CC1.I. The first-order chi connectivity index (χ1) is 11.1. The number of guanidine groups is 1. The van der Waals surface area contributed by atoms with Gasteiger partial charge in [-0.2, -0.15) is 0 Å². The Bertz CT molecular complexity index is 537. The molecule has 0 bridgehead atoms. The van der Waals surface area contributed by atoms with Crippen LogP contribution in [0.2, 0.25) is 0 Å². The van der Waals surface area contributed by atoms with Crippen molar-refractivity contribution in [1.29, 1.82) is 0 Å². The Hall–Kier alpha value is -0.410. The third kappa shape index (κ3) is 6.48.